The number of aliphatic hydroxyl groups is 1. The van der Waals surface area contributed by atoms with E-state index in [-0.39, 0.29) is 30.3 Å². The number of carbonyl (C=O) groups excluding carboxylic acids is 1. The van der Waals surface area contributed by atoms with Crippen molar-refractivity contribution in [2.45, 2.75) is 60.4 Å². The van der Waals surface area contributed by atoms with E-state index in [4.69, 9.17) is 49.5 Å². The fourth-order valence-electron chi connectivity index (χ4n) is 6.47. The van der Waals surface area contributed by atoms with E-state index in [1.165, 1.54) is 0 Å². The minimum Gasteiger partial charge on any atom is -0.382 e. The molecule has 4 unspecified atom stereocenters. The predicted molar refractivity (Wildman–Crippen MR) is 128 cm³/mol. The minimum atomic E-state index is -1.68. The maximum atomic E-state index is 12.6. The van der Waals surface area contributed by atoms with Crippen LogP contribution in [0.15, 0.2) is 30.3 Å². The zero-order valence-electron chi connectivity index (χ0n) is 19.0. The average Bonchev–Trinajstić information content (AvgIpc) is 3.34. The Balaban J connectivity index is 1.55. The number of benzene rings is 1. The van der Waals surface area contributed by atoms with Crippen LogP contribution in [0.1, 0.15) is 50.5 Å². The SMILES string of the molecule is O=C(OOCC(Cl)(Cl)Cl)N1CC2CCCC(C1)C2C(OO)C(O)(c1ccccc1)C1CCCC1. The number of amides is 1. The highest BCUT2D eigenvalue weighted by molar-refractivity contribution is 6.67. The Morgan fingerprint density at radius 3 is 2.21 bits per heavy atom. The lowest BCUT2D eigenvalue weighted by Crippen LogP contribution is -2.60. The van der Waals surface area contributed by atoms with Gasteiger partial charge in [-0.2, -0.15) is 4.89 Å². The minimum absolute atomic E-state index is 0.00824. The number of halogens is 3. The highest BCUT2D eigenvalue weighted by Gasteiger charge is 2.56. The zero-order chi connectivity index (χ0) is 24.3. The molecule has 2 bridgehead atoms. The molecule has 1 aromatic carbocycles. The van der Waals surface area contributed by atoms with E-state index in [2.05, 4.69) is 0 Å². The van der Waals surface area contributed by atoms with Gasteiger partial charge in [-0.15, -0.1) is 0 Å². The number of hydrogen-bond donors (Lipinski definition) is 2. The van der Waals surface area contributed by atoms with Gasteiger partial charge < -0.3 is 10.0 Å². The van der Waals surface area contributed by atoms with Crippen LogP contribution in [0.2, 0.25) is 0 Å². The molecule has 190 valence electrons. The lowest BCUT2D eigenvalue weighted by atomic mass is 9.61. The highest BCUT2D eigenvalue weighted by Crippen LogP contribution is 2.51. The maximum Gasteiger partial charge on any atom is 0.441 e. The van der Waals surface area contributed by atoms with Crippen molar-refractivity contribution in [1.82, 2.24) is 4.90 Å². The van der Waals surface area contributed by atoms with Gasteiger partial charge in [0.25, 0.3) is 0 Å². The quantitative estimate of drug-likeness (QED) is 0.264. The summed E-state index contributed by atoms with van der Waals surface area (Å²) in [7, 11) is 0. The molecule has 0 aromatic heterocycles. The van der Waals surface area contributed by atoms with Crippen molar-refractivity contribution in [1.29, 1.82) is 0 Å². The molecule has 1 aliphatic heterocycles. The number of alkyl halides is 3. The molecule has 0 spiro atoms. The third-order valence-electron chi connectivity index (χ3n) is 7.87. The second-order valence-electron chi connectivity index (χ2n) is 9.86. The van der Waals surface area contributed by atoms with Crippen LogP contribution >= 0.6 is 34.8 Å². The van der Waals surface area contributed by atoms with E-state index in [0.29, 0.717) is 13.1 Å². The molecule has 0 radical (unpaired) electrons. The largest absolute Gasteiger partial charge is 0.441 e. The number of rotatable bonds is 7. The summed E-state index contributed by atoms with van der Waals surface area (Å²) in [6.45, 7) is 0.442. The number of nitrogens with zero attached hydrogens (tertiary/aromatic N) is 1. The molecule has 7 nitrogen and oxygen atoms in total. The Morgan fingerprint density at radius 1 is 1.03 bits per heavy atom. The molecule has 3 fully saturated rings. The summed E-state index contributed by atoms with van der Waals surface area (Å²) < 4.78 is -1.68. The van der Waals surface area contributed by atoms with Gasteiger partial charge in [-0.3, -0.25) is 10.1 Å². The Bertz CT molecular complexity index is 805. The lowest BCUT2D eigenvalue weighted by molar-refractivity contribution is -0.350. The standard InChI is InChI=1S/C24H32Cl3NO6/c25-23(26,27)15-32-34-22(29)28-13-16-7-6-8-17(14-28)20(16)21(33-31)24(30,19-11-4-5-12-19)18-9-2-1-3-10-18/h1-3,9-10,16-17,19-21,30-31H,4-8,11-15H2. The van der Waals surface area contributed by atoms with Crippen molar-refractivity contribution in [2.24, 2.45) is 23.7 Å². The summed E-state index contributed by atoms with van der Waals surface area (Å²) in [5.74, 6) is -0.0641. The van der Waals surface area contributed by atoms with Gasteiger partial charge in [-0.05, 0) is 49.0 Å². The molecule has 2 saturated carbocycles. The summed E-state index contributed by atoms with van der Waals surface area (Å²) in [6.07, 6.45) is 5.15. The molecule has 1 aromatic rings. The first-order valence-electron chi connectivity index (χ1n) is 12.0. The van der Waals surface area contributed by atoms with Gasteiger partial charge >= 0.3 is 6.09 Å². The molecular weight excluding hydrogens is 505 g/mol. The Morgan fingerprint density at radius 2 is 1.65 bits per heavy atom. The molecule has 4 rings (SSSR count). The van der Waals surface area contributed by atoms with Crippen LogP contribution in [0, 0.1) is 23.7 Å². The lowest BCUT2D eigenvalue weighted by Gasteiger charge is -2.53. The molecule has 2 aliphatic carbocycles. The van der Waals surface area contributed by atoms with E-state index in [9.17, 15) is 15.2 Å². The van der Waals surface area contributed by atoms with Crippen LogP contribution in [0.25, 0.3) is 0 Å². The first-order valence-corrected chi connectivity index (χ1v) is 13.1. The summed E-state index contributed by atoms with van der Waals surface area (Å²) in [5, 5.41) is 22.5. The van der Waals surface area contributed by atoms with E-state index >= 15 is 0 Å². The van der Waals surface area contributed by atoms with Crippen LogP contribution in [0.4, 0.5) is 4.79 Å². The topological polar surface area (TPSA) is 88.5 Å². The van der Waals surface area contributed by atoms with E-state index in [1.54, 1.807) is 4.90 Å². The molecular formula is C24H32Cl3NO6. The Hall–Kier alpha value is -0.800. The normalized spacial score (nSPS) is 28.4. The van der Waals surface area contributed by atoms with Gasteiger partial charge in [0.05, 0.1) is 0 Å². The second kappa shape index (κ2) is 11.1. The molecule has 3 aliphatic rings. The summed E-state index contributed by atoms with van der Waals surface area (Å²) in [5.41, 5.74) is -0.553. The first-order chi connectivity index (χ1) is 16.2. The van der Waals surface area contributed by atoms with Crippen LogP contribution in [-0.4, -0.2) is 50.9 Å². The molecule has 2 N–H and O–H groups in total. The van der Waals surface area contributed by atoms with Crippen molar-refractivity contribution >= 4 is 40.9 Å². The van der Waals surface area contributed by atoms with Gasteiger partial charge in [0.2, 0.25) is 3.79 Å². The van der Waals surface area contributed by atoms with E-state index in [1.807, 2.05) is 30.3 Å². The third-order valence-corrected chi connectivity index (χ3v) is 8.20. The Labute approximate surface area is 215 Å². The van der Waals surface area contributed by atoms with Gasteiger partial charge in [-0.1, -0.05) is 84.4 Å². The summed E-state index contributed by atoms with van der Waals surface area (Å²) in [4.78, 5) is 29.1. The van der Waals surface area contributed by atoms with Gasteiger partial charge in [0.1, 0.15) is 18.3 Å². The molecule has 1 heterocycles. The molecule has 1 amide bonds. The number of hydrogen-bond acceptors (Lipinski definition) is 6. The van der Waals surface area contributed by atoms with Crippen molar-refractivity contribution in [2.75, 3.05) is 19.7 Å². The van der Waals surface area contributed by atoms with Crippen LogP contribution in [-0.2, 0) is 20.3 Å². The first kappa shape index (κ1) is 26.3. The van der Waals surface area contributed by atoms with E-state index < -0.39 is 21.6 Å². The number of fused-ring (bicyclic) bond motifs is 2. The molecule has 1 saturated heterocycles. The van der Waals surface area contributed by atoms with Crippen LogP contribution in [0.3, 0.4) is 0 Å². The Kier molecular flexibility index (Phi) is 8.56. The van der Waals surface area contributed by atoms with Gasteiger partial charge in [0.15, 0.2) is 0 Å². The maximum absolute atomic E-state index is 12.6. The molecule has 10 heteroatoms. The van der Waals surface area contributed by atoms with Crippen molar-refractivity contribution in [3.63, 3.8) is 0 Å². The van der Waals surface area contributed by atoms with Gasteiger partial charge in [-0.25, -0.2) is 9.68 Å². The predicted octanol–water partition coefficient (Wildman–Crippen LogP) is 5.71. The number of likely N-dealkylation sites (tertiary alicyclic amines) is 1. The van der Waals surface area contributed by atoms with Crippen LogP contribution in [0.5, 0.6) is 0 Å². The summed E-state index contributed by atoms with van der Waals surface area (Å²) >= 11 is 16.9. The molecule has 4 atom stereocenters. The highest BCUT2D eigenvalue weighted by atomic mass is 35.6. The van der Waals surface area contributed by atoms with Crippen molar-refractivity contribution in [3.05, 3.63) is 35.9 Å². The van der Waals surface area contributed by atoms with E-state index in [0.717, 1.165) is 50.5 Å². The zero-order valence-corrected chi connectivity index (χ0v) is 21.2. The smallest absolute Gasteiger partial charge is 0.382 e. The van der Waals surface area contributed by atoms with Gasteiger partial charge in [0, 0.05) is 19.0 Å². The fraction of sp³-hybridized carbons (Fsp3) is 0.708. The monoisotopic (exact) mass is 535 g/mol. The molecule has 34 heavy (non-hydrogen) atoms. The second-order valence-corrected chi connectivity index (χ2v) is 12.4. The number of carbonyl (C=O) groups is 1. The van der Waals surface area contributed by atoms with Crippen LogP contribution < -0.4 is 0 Å². The van der Waals surface area contributed by atoms with Crippen molar-refractivity contribution in [3.8, 4) is 0 Å². The summed E-state index contributed by atoms with van der Waals surface area (Å²) in [6, 6.07) is 9.54. The number of piperidine rings is 1. The van der Waals surface area contributed by atoms with Crippen molar-refractivity contribution < 1.29 is 29.8 Å². The third kappa shape index (κ3) is 5.61. The average molecular weight is 537 g/mol. The fourth-order valence-corrected chi connectivity index (χ4v) is 6.60.